The van der Waals surface area contributed by atoms with Gasteiger partial charge in [-0.05, 0) is 44.0 Å². The van der Waals surface area contributed by atoms with E-state index in [2.05, 4.69) is 26.0 Å². The van der Waals surface area contributed by atoms with Crippen LogP contribution in [0.1, 0.15) is 32.6 Å². The molecule has 4 rings (SSSR count). The summed E-state index contributed by atoms with van der Waals surface area (Å²) in [5.74, 6) is 0.254. The van der Waals surface area contributed by atoms with E-state index in [1.54, 1.807) is 44.5 Å². The third-order valence-electron chi connectivity index (χ3n) is 5.56. The summed E-state index contributed by atoms with van der Waals surface area (Å²) in [6.07, 6.45) is 5.84. The number of hydrogen-bond acceptors (Lipinski definition) is 7. The molecular weight excluding hydrogens is 372 g/mol. The molecule has 9 heteroatoms. The maximum Gasteiger partial charge on any atom is 0.246 e. The quantitative estimate of drug-likeness (QED) is 0.693. The number of amides is 2. The second-order valence-electron chi connectivity index (χ2n) is 7.57. The van der Waals surface area contributed by atoms with Crippen molar-refractivity contribution in [2.75, 3.05) is 12.4 Å². The molecule has 3 atom stereocenters. The van der Waals surface area contributed by atoms with Crippen LogP contribution in [0.15, 0.2) is 34.4 Å². The smallest absolute Gasteiger partial charge is 0.246 e. The molecule has 2 amide bonds. The Bertz CT molecular complexity index is 831. The first kappa shape index (κ1) is 19.2. The van der Waals surface area contributed by atoms with E-state index in [4.69, 9.17) is 4.74 Å². The number of hydrogen-bond donors (Lipinski definition) is 3. The highest BCUT2D eigenvalue weighted by atomic mass is 16.5. The molecule has 0 bridgehead atoms. The molecule has 0 aromatic heterocycles. The Morgan fingerprint density at radius 1 is 1.28 bits per heavy atom. The fourth-order valence-electron chi connectivity index (χ4n) is 3.91. The van der Waals surface area contributed by atoms with E-state index in [0.29, 0.717) is 23.4 Å². The first-order chi connectivity index (χ1) is 14.0. The summed E-state index contributed by atoms with van der Waals surface area (Å²) in [6, 6.07) is 6.82. The predicted octanol–water partition coefficient (Wildman–Crippen LogP) is 1.28. The van der Waals surface area contributed by atoms with Crippen LogP contribution in [-0.2, 0) is 9.59 Å². The number of nitrogens with zero attached hydrogens (tertiary/aromatic N) is 3. The fourth-order valence-corrected chi connectivity index (χ4v) is 3.91. The van der Waals surface area contributed by atoms with Crippen LogP contribution in [0.3, 0.4) is 0 Å². The Morgan fingerprint density at radius 2 is 2.00 bits per heavy atom. The Kier molecular flexibility index (Phi) is 5.37. The molecule has 0 spiro atoms. The molecule has 1 saturated carbocycles. The van der Waals surface area contributed by atoms with Gasteiger partial charge < -0.3 is 15.4 Å². The third kappa shape index (κ3) is 4.03. The average molecular weight is 398 g/mol. The molecule has 1 aromatic carbocycles. The van der Waals surface area contributed by atoms with Crippen molar-refractivity contribution in [3.8, 4) is 5.75 Å². The zero-order chi connectivity index (χ0) is 20.4. The number of carbonyl (C=O) groups excluding carboxylic acids is 2. The minimum Gasteiger partial charge on any atom is -0.497 e. The topological polar surface area (TPSA) is 107 Å². The summed E-state index contributed by atoms with van der Waals surface area (Å²) >= 11 is 0. The Morgan fingerprint density at radius 3 is 2.69 bits per heavy atom. The predicted molar refractivity (Wildman–Crippen MR) is 110 cm³/mol. The monoisotopic (exact) mass is 398 g/mol. The van der Waals surface area contributed by atoms with Crippen LogP contribution in [0.25, 0.3) is 0 Å². The lowest BCUT2D eigenvalue weighted by Gasteiger charge is -2.32. The van der Waals surface area contributed by atoms with Crippen molar-refractivity contribution in [1.29, 1.82) is 0 Å². The van der Waals surface area contributed by atoms with Crippen molar-refractivity contribution < 1.29 is 14.3 Å². The molecule has 1 fully saturated rings. The van der Waals surface area contributed by atoms with E-state index in [1.807, 2.05) is 5.01 Å². The summed E-state index contributed by atoms with van der Waals surface area (Å²) in [5, 5.41) is 15.0. The number of aliphatic imine (C=N–C) groups is 1. The van der Waals surface area contributed by atoms with Gasteiger partial charge in [-0.15, -0.1) is 0 Å². The van der Waals surface area contributed by atoms with E-state index >= 15 is 0 Å². The summed E-state index contributed by atoms with van der Waals surface area (Å²) in [5.41, 5.74) is 0.663. The largest absolute Gasteiger partial charge is 0.497 e. The second kappa shape index (κ2) is 8.10. The maximum atomic E-state index is 12.5. The van der Waals surface area contributed by atoms with Gasteiger partial charge in [0.15, 0.2) is 6.17 Å². The number of carbonyl (C=O) groups is 2. The van der Waals surface area contributed by atoms with E-state index in [9.17, 15) is 9.59 Å². The zero-order valence-electron chi connectivity index (χ0n) is 16.6. The molecule has 1 aromatic rings. The highest BCUT2D eigenvalue weighted by Crippen LogP contribution is 2.31. The fraction of sp³-hybridized carbons (Fsp3) is 0.500. The second-order valence-corrected chi connectivity index (χ2v) is 7.57. The molecular formula is C20H26N6O3. The van der Waals surface area contributed by atoms with Crippen molar-refractivity contribution in [2.45, 2.75) is 50.9 Å². The average Bonchev–Trinajstić information content (AvgIpc) is 3.38. The summed E-state index contributed by atoms with van der Waals surface area (Å²) < 4.78 is 5.12. The van der Waals surface area contributed by atoms with Crippen LogP contribution in [-0.4, -0.2) is 54.4 Å². The highest BCUT2D eigenvalue weighted by Gasteiger charge is 2.43. The summed E-state index contributed by atoms with van der Waals surface area (Å²) in [7, 11) is 1.59. The number of nitrogens with one attached hydrogen (secondary N) is 3. The summed E-state index contributed by atoms with van der Waals surface area (Å²) in [4.78, 5) is 29.7. The van der Waals surface area contributed by atoms with E-state index < -0.39 is 6.04 Å². The number of anilines is 1. The number of hydrazone groups is 1. The van der Waals surface area contributed by atoms with Crippen molar-refractivity contribution >= 4 is 29.7 Å². The van der Waals surface area contributed by atoms with Crippen LogP contribution in [0.4, 0.5) is 5.69 Å². The van der Waals surface area contributed by atoms with Gasteiger partial charge in [0.1, 0.15) is 17.7 Å². The SMILES string of the molecule is COc1ccc(NC(=O)C(C)NC2=NC3C(C=NN3C3CCCC3)C(=O)N2)cc1. The number of guanidine groups is 1. The molecule has 29 heavy (non-hydrogen) atoms. The lowest BCUT2D eigenvalue weighted by molar-refractivity contribution is -0.123. The molecule has 2 aliphatic heterocycles. The van der Waals surface area contributed by atoms with Gasteiger partial charge in [0.25, 0.3) is 0 Å². The molecule has 154 valence electrons. The Balaban J connectivity index is 1.40. The van der Waals surface area contributed by atoms with Gasteiger partial charge in [-0.2, -0.15) is 5.10 Å². The maximum absolute atomic E-state index is 12.5. The lowest BCUT2D eigenvalue weighted by Crippen LogP contribution is -2.56. The zero-order valence-corrected chi connectivity index (χ0v) is 16.6. The van der Waals surface area contributed by atoms with Crippen molar-refractivity contribution in [2.24, 2.45) is 16.0 Å². The molecule has 9 nitrogen and oxygen atoms in total. The van der Waals surface area contributed by atoms with Gasteiger partial charge in [-0.1, -0.05) is 12.8 Å². The summed E-state index contributed by atoms with van der Waals surface area (Å²) in [6.45, 7) is 1.72. The van der Waals surface area contributed by atoms with Crippen LogP contribution >= 0.6 is 0 Å². The van der Waals surface area contributed by atoms with Gasteiger partial charge in [-0.25, -0.2) is 4.99 Å². The van der Waals surface area contributed by atoms with Crippen LogP contribution < -0.4 is 20.7 Å². The molecule has 1 aliphatic carbocycles. The normalized spacial score (nSPS) is 24.6. The van der Waals surface area contributed by atoms with Crippen molar-refractivity contribution in [3.05, 3.63) is 24.3 Å². The minimum absolute atomic E-state index is 0.153. The van der Waals surface area contributed by atoms with Crippen LogP contribution in [0, 0.1) is 5.92 Å². The minimum atomic E-state index is -0.588. The van der Waals surface area contributed by atoms with Gasteiger partial charge in [0.2, 0.25) is 17.8 Å². The molecule has 3 N–H and O–H groups in total. The number of rotatable bonds is 5. The lowest BCUT2D eigenvalue weighted by atomic mass is 10.1. The molecule has 0 radical (unpaired) electrons. The highest BCUT2D eigenvalue weighted by molar-refractivity contribution is 6.08. The van der Waals surface area contributed by atoms with Crippen molar-refractivity contribution in [1.82, 2.24) is 15.6 Å². The van der Waals surface area contributed by atoms with Crippen LogP contribution in [0.5, 0.6) is 5.75 Å². The first-order valence-corrected chi connectivity index (χ1v) is 9.97. The third-order valence-corrected chi connectivity index (χ3v) is 5.56. The molecule has 3 aliphatic rings. The molecule has 3 unspecified atom stereocenters. The Labute approximate surface area is 169 Å². The first-order valence-electron chi connectivity index (χ1n) is 9.97. The molecule has 0 saturated heterocycles. The van der Waals surface area contributed by atoms with E-state index in [-0.39, 0.29) is 23.9 Å². The van der Waals surface area contributed by atoms with Crippen molar-refractivity contribution in [3.63, 3.8) is 0 Å². The molecule has 2 heterocycles. The van der Waals surface area contributed by atoms with Gasteiger partial charge >= 0.3 is 0 Å². The number of benzene rings is 1. The van der Waals surface area contributed by atoms with Gasteiger partial charge in [-0.3, -0.25) is 19.9 Å². The van der Waals surface area contributed by atoms with Crippen LogP contribution in [0.2, 0.25) is 0 Å². The van der Waals surface area contributed by atoms with E-state index in [1.165, 1.54) is 12.8 Å². The standard InChI is InChI=1S/C20H26N6O3/c1-12(18(27)23-13-7-9-15(29-2)10-8-13)22-20-24-17-16(19(28)25-20)11-21-26(17)14-5-3-4-6-14/h7-12,14,16-17H,3-6H2,1-2H3,(H,23,27)(H2,22,24,25,28). The van der Waals surface area contributed by atoms with Gasteiger partial charge in [0, 0.05) is 17.9 Å². The Hall–Kier alpha value is -3.10. The number of ether oxygens (including phenoxy) is 1. The van der Waals surface area contributed by atoms with E-state index in [0.717, 1.165) is 12.8 Å². The number of fused-ring (bicyclic) bond motifs is 1. The van der Waals surface area contributed by atoms with Gasteiger partial charge in [0.05, 0.1) is 7.11 Å². The number of methoxy groups -OCH3 is 1.